The van der Waals surface area contributed by atoms with Crippen molar-refractivity contribution in [3.8, 4) is 22.3 Å². The molecule has 0 saturated carbocycles. The summed E-state index contributed by atoms with van der Waals surface area (Å²) in [5.41, 5.74) is 12.9. The molecule has 1 aliphatic rings. The SMILES string of the molecule is C/C1=C(\c2ccc3ccccc3c2)N=C(c2ccc(-c3cccc4oc5ccc(-c6ccc7ccccc7c6)cc5c34)c3ccccc23)N=C(c2ccccc2)CC1. The van der Waals surface area contributed by atoms with E-state index < -0.39 is 0 Å². The zero-order chi connectivity index (χ0) is 38.6. The Hall–Kier alpha value is -7.36. The molecule has 0 fully saturated rings. The van der Waals surface area contributed by atoms with E-state index in [0.29, 0.717) is 0 Å². The fourth-order valence-electron chi connectivity index (χ4n) is 8.77. The number of benzene rings is 9. The number of hydrogen-bond acceptors (Lipinski definition) is 3. The van der Waals surface area contributed by atoms with Gasteiger partial charge < -0.3 is 4.42 Å². The summed E-state index contributed by atoms with van der Waals surface area (Å²) in [7, 11) is 0. The summed E-state index contributed by atoms with van der Waals surface area (Å²) in [5.74, 6) is 0.718. The molecule has 3 nitrogen and oxygen atoms in total. The van der Waals surface area contributed by atoms with Gasteiger partial charge in [-0.2, -0.15) is 0 Å². The van der Waals surface area contributed by atoms with Gasteiger partial charge in [0.25, 0.3) is 0 Å². The summed E-state index contributed by atoms with van der Waals surface area (Å²) < 4.78 is 6.53. The minimum atomic E-state index is 0.718. The largest absolute Gasteiger partial charge is 0.456 e. The molecule has 3 heteroatoms. The van der Waals surface area contributed by atoms with Gasteiger partial charge in [-0.05, 0) is 122 Å². The second kappa shape index (κ2) is 14.0. The van der Waals surface area contributed by atoms with Crippen LogP contribution in [-0.2, 0) is 0 Å². The minimum absolute atomic E-state index is 0.718. The first kappa shape index (κ1) is 33.9. The molecule has 58 heavy (non-hydrogen) atoms. The number of allylic oxidation sites excluding steroid dienone is 1. The van der Waals surface area contributed by atoms with Crippen LogP contribution in [0.2, 0.25) is 0 Å². The third kappa shape index (κ3) is 5.91. The monoisotopic (exact) mass is 742 g/mol. The van der Waals surface area contributed by atoms with Crippen LogP contribution in [0.1, 0.15) is 36.5 Å². The Kier molecular flexibility index (Phi) is 8.18. The molecule has 0 bridgehead atoms. The van der Waals surface area contributed by atoms with Gasteiger partial charge >= 0.3 is 0 Å². The first-order chi connectivity index (χ1) is 28.6. The average Bonchev–Trinajstić information content (AvgIpc) is 3.66. The standard InChI is InChI=1S/C55H38N2O/c1-35-22-30-50(38-14-3-2-4-15-38)56-55(57-54(35)43-26-24-37-13-6-8-17-40(37)33-43)48-29-28-46(44-18-9-10-19-45(44)48)47-20-11-21-52-53(47)49-34-42(27-31-51(49)58-52)41-25-23-36-12-5-7-16-39(36)32-41/h2-21,23-29,31-34H,22,30H2,1H3/b54-35-,56-50?,57-55?. The van der Waals surface area contributed by atoms with Crippen molar-refractivity contribution < 1.29 is 4.42 Å². The van der Waals surface area contributed by atoms with Crippen LogP contribution in [0.25, 0.3) is 82.2 Å². The molecule has 0 radical (unpaired) electrons. The van der Waals surface area contributed by atoms with E-state index in [1.807, 2.05) is 0 Å². The van der Waals surface area contributed by atoms with E-state index in [-0.39, 0.29) is 0 Å². The molecule has 0 N–H and O–H groups in total. The predicted octanol–water partition coefficient (Wildman–Crippen LogP) is 14.8. The van der Waals surface area contributed by atoms with Crippen molar-refractivity contribution in [2.45, 2.75) is 19.8 Å². The van der Waals surface area contributed by atoms with E-state index in [1.54, 1.807) is 0 Å². The van der Waals surface area contributed by atoms with Gasteiger partial charge in [0.2, 0.25) is 0 Å². The second-order valence-electron chi connectivity index (χ2n) is 15.3. The molecule has 11 rings (SSSR count). The lowest BCUT2D eigenvalue weighted by molar-refractivity contribution is 0.669. The summed E-state index contributed by atoms with van der Waals surface area (Å²) in [4.78, 5) is 11.0. The number of nitrogens with zero attached hydrogens (tertiary/aromatic N) is 2. The van der Waals surface area contributed by atoms with Crippen molar-refractivity contribution in [2.75, 3.05) is 0 Å². The Labute approximate surface area is 337 Å². The van der Waals surface area contributed by atoms with E-state index in [1.165, 1.54) is 32.7 Å². The molecule has 274 valence electrons. The maximum absolute atomic E-state index is 6.53. The molecule has 1 aromatic heterocycles. The third-order valence-corrected chi connectivity index (χ3v) is 11.8. The van der Waals surface area contributed by atoms with Crippen LogP contribution in [0.15, 0.2) is 208 Å². The minimum Gasteiger partial charge on any atom is -0.456 e. The maximum atomic E-state index is 6.53. The molecule has 0 saturated heterocycles. The molecule has 10 aromatic rings. The highest BCUT2D eigenvalue weighted by Gasteiger charge is 2.21. The van der Waals surface area contributed by atoms with Gasteiger partial charge in [0, 0.05) is 21.9 Å². The predicted molar refractivity (Wildman–Crippen MR) is 245 cm³/mol. The molecule has 0 amide bonds. The molecule has 2 heterocycles. The fraction of sp³-hybridized carbons (Fsp3) is 0.0545. The van der Waals surface area contributed by atoms with E-state index >= 15 is 0 Å². The first-order valence-corrected chi connectivity index (χ1v) is 20.0. The first-order valence-electron chi connectivity index (χ1n) is 20.0. The number of hydrogen-bond donors (Lipinski definition) is 0. The average molecular weight is 743 g/mol. The van der Waals surface area contributed by atoms with Crippen LogP contribution in [0.3, 0.4) is 0 Å². The molecule has 9 aromatic carbocycles. The van der Waals surface area contributed by atoms with E-state index in [9.17, 15) is 0 Å². The summed E-state index contributed by atoms with van der Waals surface area (Å²) >= 11 is 0. The van der Waals surface area contributed by atoms with Crippen molar-refractivity contribution in [3.05, 3.63) is 210 Å². The quantitative estimate of drug-likeness (QED) is 0.173. The fourth-order valence-corrected chi connectivity index (χ4v) is 8.77. The number of rotatable bonds is 5. The van der Waals surface area contributed by atoms with Crippen molar-refractivity contribution in [1.29, 1.82) is 0 Å². The molecule has 0 aliphatic carbocycles. The lowest BCUT2D eigenvalue weighted by Crippen LogP contribution is -2.11. The molecule has 1 aliphatic heterocycles. The van der Waals surface area contributed by atoms with Crippen molar-refractivity contribution in [3.63, 3.8) is 0 Å². The maximum Gasteiger partial charge on any atom is 0.160 e. The van der Waals surface area contributed by atoms with Gasteiger partial charge in [-0.3, -0.25) is 0 Å². The second-order valence-corrected chi connectivity index (χ2v) is 15.3. The molecular formula is C55H38N2O. The number of fused-ring (bicyclic) bond motifs is 6. The van der Waals surface area contributed by atoms with Gasteiger partial charge in [0.1, 0.15) is 11.2 Å². The van der Waals surface area contributed by atoms with Crippen LogP contribution < -0.4 is 0 Å². The highest BCUT2D eigenvalue weighted by Crippen LogP contribution is 2.42. The van der Waals surface area contributed by atoms with Crippen molar-refractivity contribution in [1.82, 2.24) is 0 Å². The van der Waals surface area contributed by atoms with Gasteiger partial charge in [-0.1, -0.05) is 152 Å². The number of aliphatic imine (C=N–C) groups is 2. The molecule has 0 atom stereocenters. The summed E-state index contributed by atoms with van der Waals surface area (Å²) in [6.45, 7) is 2.22. The summed E-state index contributed by atoms with van der Waals surface area (Å²) in [5, 5.41) is 9.35. The third-order valence-electron chi connectivity index (χ3n) is 11.8. The zero-order valence-corrected chi connectivity index (χ0v) is 32.1. The Morgan fingerprint density at radius 3 is 1.79 bits per heavy atom. The lowest BCUT2D eigenvalue weighted by atomic mass is 9.91. The van der Waals surface area contributed by atoms with Crippen molar-refractivity contribution in [2.24, 2.45) is 9.98 Å². The van der Waals surface area contributed by atoms with Gasteiger partial charge in [0.05, 0.1) is 11.4 Å². The van der Waals surface area contributed by atoms with E-state index in [4.69, 9.17) is 14.4 Å². The zero-order valence-electron chi connectivity index (χ0n) is 32.1. The van der Waals surface area contributed by atoms with Gasteiger partial charge in [-0.15, -0.1) is 0 Å². The Morgan fingerprint density at radius 1 is 0.397 bits per heavy atom. The smallest absolute Gasteiger partial charge is 0.160 e. The van der Waals surface area contributed by atoms with Gasteiger partial charge in [0.15, 0.2) is 5.84 Å². The Balaban J connectivity index is 1.10. The Morgan fingerprint density at radius 2 is 1.02 bits per heavy atom. The van der Waals surface area contributed by atoms with E-state index in [0.717, 1.165) is 96.2 Å². The molecule has 0 spiro atoms. The van der Waals surface area contributed by atoms with Crippen LogP contribution >= 0.6 is 0 Å². The molecule has 0 unspecified atom stereocenters. The van der Waals surface area contributed by atoms with Crippen LogP contribution in [0.4, 0.5) is 0 Å². The van der Waals surface area contributed by atoms with Gasteiger partial charge in [-0.25, -0.2) is 9.98 Å². The highest BCUT2D eigenvalue weighted by molar-refractivity contribution is 6.22. The van der Waals surface area contributed by atoms with Crippen LogP contribution in [-0.4, -0.2) is 11.5 Å². The normalized spacial score (nSPS) is 14.8. The number of furan rings is 1. The lowest BCUT2D eigenvalue weighted by Gasteiger charge is -2.18. The highest BCUT2D eigenvalue weighted by atomic mass is 16.3. The summed E-state index contributed by atoms with van der Waals surface area (Å²) in [6, 6.07) is 67.1. The van der Waals surface area contributed by atoms with Crippen LogP contribution in [0, 0.1) is 0 Å². The topological polar surface area (TPSA) is 37.9 Å². The van der Waals surface area contributed by atoms with Crippen molar-refractivity contribution >= 4 is 71.5 Å². The summed E-state index contributed by atoms with van der Waals surface area (Å²) in [6.07, 6.45) is 1.69. The molecular weight excluding hydrogens is 705 g/mol. The number of amidine groups is 1. The van der Waals surface area contributed by atoms with E-state index in [2.05, 4.69) is 195 Å². The Bertz CT molecular complexity index is 3350. The van der Waals surface area contributed by atoms with Crippen LogP contribution in [0.5, 0.6) is 0 Å².